The monoisotopic (exact) mass is 303 g/mol. The van der Waals surface area contributed by atoms with Gasteiger partial charge in [0.25, 0.3) is 5.91 Å². The summed E-state index contributed by atoms with van der Waals surface area (Å²) < 4.78 is 10.6. The van der Waals surface area contributed by atoms with Crippen LogP contribution in [0.3, 0.4) is 0 Å². The quantitative estimate of drug-likeness (QED) is 0.493. The summed E-state index contributed by atoms with van der Waals surface area (Å²) in [5.41, 5.74) is 0.0237. The van der Waals surface area contributed by atoms with Crippen molar-refractivity contribution in [1.82, 2.24) is 5.32 Å². The molecule has 2 rings (SSSR count). The Bertz CT molecular complexity index is 565. The fourth-order valence-corrected chi connectivity index (χ4v) is 2.36. The number of nitrogens with one attached hydrogen (secondary N) is 1. The summed E-state index contributed by atoms with van der Waals surface area (Å²) in [6.45, 7) is 2.74. The molecule has 118 valence electrons. The van der Waals surface area contributed by atoms with Crippen LogP contribution in [0.5, 0.6) is 0 Å². The van der Waals surface area contributed by atoms with Crippen LogP contribution in [0.4, 0.5) is 5.88 Å². The van der Waals surface area contributed by atoms with Crippen LogP contribution >= 0.6 is 0 Å². The number of piperidine rings is 1. The molecule has 0 unspecified atom stereocenters. The topological polar surface area (TPSA) is 78.5 Å². The molecule has 1 aliphatic rings. The maximum Gasteiger partial charge on any atom is 0.262 e. The Morgan fingerprint density at radius 1 is 1.45 bits per heavy atom. The molecule has 0 spiro atoms. The van der Waals surface area contributed by atoms with E-state index in [9.17, 15) is 4.79 Å². The molecule has 1 aromatic rings. The SMILES string of the molecule is COCCNC(=O)/C(C#N)=C/c1ccc(N2CCCCC2)o1. The zero-order chi connectivity index (χ0) is 15.8. The molecule has 1 aliphatic heterocycles. The first-order valence-electron chi connectivity index (χ1n) is 7.48. The van der Waals surface area contributed by atoms with E-state index in [-0.39, 0.29) is 5.57 Å². The molecular formula is C16H21N3O3. The molecule has 0 saturated carbocycles. The fraction of sp³-hybridized carbons (Fsp3) is 0.500. The molecule has 1 saturated heterocycles. The molecule has 0 aromatic carbocycles. The number of hydrogen-bond acceptors (Lipinski definition) is 5. The first-order chi connectivity index (χ1) is 10.7. The van der Waals surface area contributed by atoms with Crippen LogP contribution in [-0.4, -0.2) is 39.3 Å². The number of furan rings is 1. The van der Waals surface area contributed by atoms with Gasteiger partial charge in [0.05, 0.1) is 6.61 Å². The number of nitrogens with zero attached hydrogens (tertiary/aromatic N) is 2. The van der Waals surface area contributed by atoms with Gasteiger partial charge in [-0.25, -0.2) is 0 Å². The third-order valence-corrected chi connectivity index (χ3v) is 3.52. The summed E-state index contributed by atoms with van der Waals surface area (Å²) in [7, 11) is 1.55. The molecule has 6 heteroatoms. The van der Waals surface area contributed by atoms with Gasteiger partial charge in [-0.1, -0.05) is 0 Å². The Morgan fingerprint density at radius 3 is 2.91 bits per heavy atom. The highest BCUT2D eigenvalue weighted by atomic mass is 16.5. The molecule has 2 heterocycles. The zero-order valence-corrected chi connectivity index (χ0v) is 12.8. The molecule has 0 aliphatic carbocycles. The Labute approximate surface area is 130 Å². The number of anilines is 1. The van der Waals surface area contributed by atoms with Gasteiger partial charge in [-0.2, -0.15) is 5.26 Å². The summed E-state index contributed by atoms with van der Waals surface area (Å²) in [5.74, 6) is 0.887. The second kappa shape index (κ2) is 8.25. The minimum atomic E-state index is -0.421. The van der Waals surface area contributed by atoms with Crippen molar-refractivity contribution in [2.45, 2.75) is 19.3 Å². The van der Waals surface area contributed by atoms with Crippen LogP contribution < -0.4 is 10.2 Å². The highest BCUT2D eigenvalue weighted by molar-refractivity contribution is 6.01. The van der Waals surface area contributed by atoms with E-state index < -0.39 is 5.91 Å². The maximum atomic E-state index is 11.9. The summed E-state index contributed by atoms with van der Waals surface area (Å²) in [6, 6.07) is 5.57. The number of nitriles is 1. The largest absolute Gasteiger partial charge is 0.441 e. The molecule has 1 aromatic heterocycles. The number of carbonyl (C=O) groups excluding carboxylic acids is 1. The number of carbonyl (C=O) groups is 1. The van der Waals surface area contributed by atoms with Crippen LogP contribution in [-0.2, 0) is 9.53 Å². The molecule has 1 N–H and O–H groups in total. The van der Waals surface area contributed by atoms with Crippen LogP contribution in [0.1, 0.15) is 25.0 Å². The number of methoxy groups -OCH3 is 1. The standard InChI is InChI=1S/C16H21N3O3/c1-21-10-7-18-16(20)13(12-17)11-14-5-6-15(22-14)19-8-3-2-4-9-19/h5-6,11H,2-4,7-10H2,1H3,(H,18,20)/b13-11+. The van der Waals surface area contributed by atoms with Crippen molar-refractivity contribution in [3.8, 4) is 6.07 Å². The van der Waals surface area contributed by atoms with Gasteiger partial charge >= 0.3 is 0 Å². The second-order valence-corrected chi connectivity index (χ2v) is 5.14. The average molecular weight is 303 g/mol. The van der Waals surface area contributed by atoms with E-state index in [0.29, 0.717) is 18.9 Å². The number of hydrogen-bond donors (Lipinski definition) is 1. The lowest BCUT2D eigenvalue weighted by atomic mass is 10.1. The van der Waals surface area contributed by atoms with Crippen molar-refractivity contribution in [2.75, 3.05) is 38.3 Å². The predicted molar refractivity (Wildman–Crippen MR) is 83.2 cm³/mol. The lowest BCUT2D eigenvalue weighted by Gasteiger charge is -2.25. The molecule has 0 atom stereocenters. The number of rotatable bonds is 6. The Kier molecular flexibility index (Phi) is 6.04. The van der Waals surface area contributed by atoms with Crippen molar-refractivity contribution < 1.29 is 13.9 Å². The lowest BCUT2D eigenvalue weighted by Crippen LogP contribution is -2.28. The average Bonchev–Trinajstić information content (AvgIpc) is 3.02. The molecule has 1 fully saturated rings. The van der Waals surface area contributed by atoms with Crippen LogP contribution in [0.15, 0.2) is 22.1 Å². The fourth-order valence-electron chi connectivity index (χ4n) is 2.36. The van der Waals surface area contributed by atoms with Crippen LogP contribution in [0, 0.1) is 11.3 Å². The van der Waals surface area contributed by atoms with Gasteiger partial charge < -0.3 is 19.4 Å². The molecule has 22 heavy (non-hydrogen) atoms. The molecular weight excluding hydrogens is 282 g/mol. The van der Waals surface area contributed by atoms with E-state index in [1.54, 1.807) is 13.2 Å². The summed E-state index contributed by atoms with van der Waals surface area (Å²) in [6.07, 6.45) is 5.05. The van der Waals surface area contributed by atoms with Gasteiger partial charge in [0.2, 0.25) is 0 Å². The van der Waals surface area contributed by atoms with Gasteiger partial charge in [0.15, 0.2) is 5.88 Å². The van der Waals surface area contributed by atoms with Crippen LogP contribution in [0.2, 0.25) is 0 Å². The first kappa shape index (κ1) is 16.1. The molecule has 6 nitrogen and oxygen atoms in total. The van der Waals surface area contributed by atoms with Crippen molar-refractivity contribution in [3.63, 3.8) is 0 Å². The van der Waals surface area contributed by atoms with Gasteiger partial charge in [0, 0.05) is 38.9 Å². The van der Waals surface area contributed by atoms with E-state index in [4.69, 9.17) is 14.4 Å². The van der Waals surface area contributed by atoms with Gasteiger partial charge in [-0.3, -0.25) is 4.79 Å². The third-order valence-electron chi connectivity index (χ3n) is 3.52. The van der Waals surface area contributed by atoms with E-state index in [1.807, 2.05) is 12.1 Å². The minimum Gasteiger partial charge on any atom is -0.441 e. The summed E-state index contributed by atoms with van der Waals surface area (Å²) >= 11 is 0. The normalized spacial score (nSPS) is 15.5. The summed E-state index contributed by atoms with van der Waals surface area (Å²) in [4.78, 5) is 14.0. The smallest absolute Gasteiger partial charge is 0.262 e. The van der Waals surface area contributed by atoms with E-state index >= 15 is 0 Å². The Balaban J connectivity index is 2.01. The van der Waals surface area contributed by atoms with Crippen LogP contribution in [0.25, 0.3) is 6.08 Å². The molecule has 1 amide bonds. The van der Waals surface area contributed by atoms with Crippen molar-refractivity contribution >= 4 is 17.9 Å². The third kappa shape index (κ3) is 4.37. The van der Waals surface area contributed by atoms with E-state index in [0.717, 1.165) is 31.8 Å². The number of ether oxygens (including phenoxy) is 1. The lowest BCUT2D eigenvalue weighted by molar-refractivity contribution is -0.117. The Morgan fingerprint density at radius 2 is 2.23 bits per heavy atom. The molecule has 0 radical (unpaired) electrons. The number of amides is 1. The van der Waals surface area contributed by atoms with E-state index in [2.05, 4.69) is 10.2 Å². The zero-order valence-electron chi connectivity index (χ0n) is 12.8. The van der Waals surface area contributed by atoms with Crippen molar-refractivity contribution in [3.05, 3.63) is 23.5 Å². The van der Waals surface area contributed by atoms with Crippen molar-refractivity contribution in [1.29, 1.82) is 5.26 Å². The highest BCUT2D eigenvalue weighted by Gasteiger charge is 2.15. The molecule has 0 bridgehead atoms. The summed E-state index contributed by atoms with van der Waals surface area (Å²) in [5, 5.41) is 11.7. The first-order valence-corrected chi connectivity index (χ1v) is 7.48. The Hall–Kier alpha value is -2.26. The maximum absolute atomic E-state index is 11.9. The van der Waals surface area contributed by atoms with Gasteiger partial charge in [0.1, 0.15) is 17.4 Å². The highest BCUT2D eigenvalue weighted by Crippen LogP contribution is 2.23. The minimum absolute atomic E-state index is 0.0237. The van der Waals surface area contributed by atoms with Gasteiger partial charge in [-0.05, 0) is 25.3 Å². The van der Waals surface area contributed by atoms with E-state index in [1.165, 1.54) is 12.5 Å². The predicted octanol–water partition coefficient (Wildman–Crippen LogP) is 1.94. The second-order valence-electron chi connectivity index (χ2n) is 5.14. The van der Waals surface area contributed by atoms with Crippen molar-refractivity contribution in [2.24, 2.45) is 0 Å². The van der Waals surface area contributed by atoms with Gasteiger partial charge in [-0.15, -0.1) is 0 Å².